The quantitative estimate of drug-likeness (QED) is 0.201. The highest BCUT2D eigenvalue weighted by molar-refractivity contribution is 5.91. The van der Waals surface area contributed by atoms with Gasteiger partial charge in [-0.1, -0.05) is 84.0 Å². The molecule has 0 atom stereocenters. The molecule has 0 aliphatic heterocycles. The summed E-state index contributed by atoms with van der Waals surface area (Å²) in [4.78, 5) is 15.3. The summed E-state index contributed by atoms with van der Waals surface area (Å²) in [6, 6.07) is 0. The van der Waals surface area contributed by atoms with Crippen LogP contribution < -0.4 is 11.5 Å². The Morgan fingerprint density at radius 3 is 1.48 bits per heavy atom. The van der Waals surface area contributed by atoms with Crippen LogP contribution in [0.1, 0.15) is 96.8 Å². The lowest BCUT2D eigenvalue weighted by Gasteiger charge is -2.07. The third-order valence-corrected chi connectivity index (χ3v) is 4.15. The summed E-state index contributed by atoms with van der Waals surface area (Å²) in [5.41, 5.74) is 9.98. The maximum atomic E-state index is 10.3. The van der Waals surface area contributed by atoms with Gasteiger partial charge in [0.25, 0.3) is 0 Å². The van der Waals surface area contributed by atoms with Crippen LogP contribution in [0.4, 0.5) is 0 Å². The van der Waals surface area contributed by atoms with Crippen LogP contribution in [0, 0.1) is 5.41 Å². The molecule has 0 saturated heterocycles. The van der Waals surface area contributed by atoms with E-state index in [4.69, 9.17) is 22.0 Å². The predicted octanol–water partition coefficient (Wildman–Crippen LogP) is 4.31. The Morgan fingerprint density at radius 1 is 0.852 bits per heavy atom. The highest BCUT2D eigenvalue weighted by Crippen LogP contribution is 2.12. The van der Waals surface area contributed by atoms with Gasteiger partial charge in [-0.05, 0) is 6.42 Å². The van der Waals surface area contributed by atoms with Crippen LogP contribution in [0.15, 0.2) is 4.99 Å². The van der Waals surface area contributed by atoms with Gasteiger partial charge in [-0.2, -0.15) is 4.99 Å². The maximum Gasteiger partial charge on any atom is 0.303 e. The Hall–Kier alpha value is -1.79. The molecule has 0 aliphatic rings. The molecular weight excluding hydrogens is 342 g/mol. The van der Waals surface area contributed by atoms with E-state index in [2.05, 4.69) is 11.9 Å². The molecule has 0 aromatic heterocycles. The first-order chi connectivity index (χ1) is 12.8. The third-order valence-electron chi connectivity index (χ3n) is 4.15. The van der Waals surface area contributed by atoms with Crippen molar-refractivity contribution in [3.8, 4) is 0 Å². The van der Waals surface area contributed by atoms with Crippen molar-refractivity contribution in [3.05, 3.63) is 0 Å². The van der Waals surface area contributed by atoms with Crippen molar-refractivity contribution in [2.75, 3.05) is 14.1 Å². The fourth-order valence-corrected chi connectivity index (χ4v) is 2.52. The molecular formula is C20H43N5O2. The van der Waals surface area contributed by atoms with Crippen LogP contribution in [0.5, 0.6) is 0 Å². The number of aliphatic imine (C=N–C) groups is 1. The van der Waals surface area contributed by atoms with E-state index in [0.29, 0.717) is 6.42 Å². The number of carbonyl (C=O) groups is 1. The van der Waals surface area contributed by atoms with Crippen LogP contribution in [-0.2, 0) is 4.79 Å². The molecule has 0 radical (unpaired) electrons. The lowest BCUT2D eigenvalue weighted by Crippen LogP contribution is -2.28. The molecule has 0 rings (SSSR count). The van der Waals surface area contributed by atoms with Crippen LogP contribution in [0.2, 0.25) is 0 Å². The van der Waals surface area contributed by atoms with Gasteiger partial charge < -0.3 is 21.5 Å². The third kappa shape index (κ3) is 26.5. The smallest absolute Gasteiger partial charge is 0.303 e. The molecule has 160 valence electrons. The zero-order chi connectivity index (χ0) is 20.9. The number of carboxylic acid groups (broad SMARTS) is 1. The van der Waals surface area contributed by atoms with Gasteiger partial charge in [0.05, 0.1) is 0 Å². The topological polar surface area (TPSA) is 129 Å². The summed E-state index contributed by atoms with van der Waals surface area (Å²) >= 11 is 0. The van der Waals surface area contributed by atoms with Crippen LogP contribution >= 0.6 is 0 Å². The molecule has 0 heterocycles. The van der Waals surface area contributed by atoms with Gasteiger partial charge in [0.2, 0.25) is 5.96 Å². The minimum absolute atomic E-state index is 0.0509. The monoisotopic (exact) mass is 385 g/mol. The molecule has 0 saturated carbocycles. The molecule has 0 unspecified atom stereocenters. The maximum absolute atomic E-state index is 10.3. The first-order valence-electron chi connectivity index (χ1n) is 10.4. The molecule has 6 N–H and O–H groups in total. The second-order valence-corrected chi connectivity index (χ2v) is 7.14. The first kappa shape index (κ1) is 27.4. The molecule has 0 aromatic carbocycles. The van der Waals surface area contributed by atoms with Crippen molar-refractivity contribution < 1.29 is 9.90 Å². The van der Waals surface area contributed by atoms with Crippen molar-refractivity contribution >= 4 is 17.9 Å². The van der Waals surface area contributed by atoms with Crippen molar-refractivity contribution in [3.63, 3.8) is 0 Å². The van der Waals surface area contributed by atoms with Crippen molar-refractivity contribution in [1.82, 2.24) is 4.90 Å². The highest BCUT2D eigenvalue weighted by atomic mass is 16.4. The van der Waals surface area contributed by atoms with Crippen LogP contribution in [0.25, 0.3) is 0 Å². The molecule has 7 nitrogen and oxygen atoms in total. The molecule has 0 amide bonds. The van der Waals surface area contributed by atoms with E-state index in [0.717, 1.165) is 12.8 Å². The highest BCUT2D eigenvalue weighted by Gasteiger charge is 1.97. The van der Waals surface area contributed by atoms with E-state index in [1.807, 2.05) is 0 Å². The minimum atomic E-state index is -0.655. The second-order valence-electron chi connectivity index (χ2n) is 7.14. The number of nitrogens with zero attached hydrogens (tertiary/aromatic N) is 2. The van der Waals surface area contributed by atoms with E-state index >= 15 is 0 Å². The average Bonchev–Trinajstić information content (AvgIpc) is 2.58. The summed E-state index contributed by atoms with van der Waals surface area (Å²) in [5, 5.41) is 15.5. The summed E-state index contributed by atoms with van der Waals surface area (Å²) in [6.45, 7) is 2.26. The number of nitrogens with one attached hydrogen (secondary N) is 1. The molecule has 27 heavy (non-hydrogen) atoms. The zero-order valence-corrected chi connectivity index (χ0v) is 17.8. The number of hydrogen-bond acceptors (Lipinski definition) is 2. The summed E-state index contributed by atoms with van der Waals surface area (Å²) in [7, 11) is 3.38. The molecule has 7 heteroatoms. The summed E-state index contributed by atoms with van der Waals surface area (Å²) < 4.78 is 0. The first-order valence-corrected chi connectivity index (χ1v) is 10.4. The van der Waals surface area contributed by atoms with E-state index in [1.54, 1.807) is 14.1 Å². The number of unbranched alkanes of at least 4 members (excludes halogenated alkanes) is 12. The second kappa shape index (κ2) is 20.5. The van der Waals surface area contributed by atoms with Crippen molar-refractivity contribution in [2.24, 2.45) is 16.5 Å². The number of rotatable bonds is 14. The van der Waals surface area contributed by atoms with Crippen molar-refractivity contribution in [2.45, 2.75) is 96.8 Å². The van der Waals surface area contributed by atoms with Gasteiger partial charge in [-0.25, -0.2) is 0 Å². The molecule has 0 aromatic rings. The Morgan fingerprint density at radius 2 is 1.22 bits per heavy atom. The molecule has 0 fully saturated rings. The Kier molecular flexibility index (Phi) is 20.8. The minimum Gasteiger partial charge on any atom is -0.481 e. The van der Waals surface area contributed by atoms with Gasteiger partial charge in [0.15, 0.2) is 5.96 Å². The largest absolute Gasteiger partial charge is 0.481 e. The Labute approximate surface area is 166 Å². The Bertz CT molecular complexity index is 394. The summed E-state index contributed by atoms with van der Waals surface area (Å²) in [6.07, 6.45) is 17.3. The zero-order valence-electron chi connectivity index (χ0n) is 17.8. The average molecular weight is 386 g/mol. The van der Waals surface area contributed by atoms with Gasteiger partial charge in [0, 0.05) is 20.5 Å². The van der Waals surface area contributed by atoms with E-state index in [-0.39, 0.29) is 11.9 Å². The van der Waals surface area contributed by atoms with E-state index in [9.17, 15) is 4.79 Å². The normalized spacial score (nSPS) is 9.89. The predicted molar refractivity (Wildman–Crippen MR) is 115 cm³/mol. The molecule has 0 bridgehead atoms. The molecule has 0 spiro atoms. The number of aliphatic carboxylic acids is 1. The number of guanidine groups is 2. The van der Waals surface area contributed by atoms with Gasteiger partial charge in [0.1, 0.15) is 0 Å². The van der Waals surface area contributed by atoms with Gasteiger partial charge >= 0.3 is 5.97 Å². The van der Waals surface area contributed by atoms with Crippen molar-refractivity contribution in [1.29, 1.82) is 5.41 Å². The summed E-state index contributed by atoms with van der Waals surface area (Å²) in [5.74, 6) is -0.693. The van der Waals surface area contributed by atoms with Crippen LogP contribution in [0.3, 0.4) is 0 Å². The number of hydrogen-bond donors (Lipinski definition) is 4. The standard InChI is InChI=1S/C16H32O2.C4H11N5/c1-2-3-4-5-6-7-8-9-10-11-12-13-14-15-16(17)18;1-9(2)4(7)8-3(5)6/h2-15H2,1H3,(H,17,18);1-2H3,(H5,5,6,7,8). The van der Waals surface area contributed by atoms with Crippen LogP contribution in [-0.4, -0.2) is 42.0 Å². The lowest BCUT2D eigenvalue weighted by atomic mass is 10.0. The number of nitrogens with two attached hydrogens (primary N) is 2. The molecule has 0 aliphatic carbocycles. The lowest BCUT2D eigenvalue weighted by molar-refractivity contribution is -0.137. The van der Waals surface area contributed by atoms with E-state index < -0.39 is 5.97 Å². The Balaban J connectivity index is 0. The fourth-order valence-electron chi connectivity index (χ4n) is 2.52. The fraction of sp³-hybridized carbons (Fsp3) is 0.850. The SMILES string of the molecule is CCCCCCCCCCCCCCCC(=O)O.CN(C)C(=N)N=C(N)N. The van der Waals surface area contributed by atoms with Gasteiger partial charge in [-0.15, -0.1) is 0 Å². The number of carboxylic acids is 1. The van der Waals surface area contributed by atoms with E-state index in [1.165, 1.54) is 75.5 Å². The van der Waals surface area contributed by atoms with Gasteiger partial charge in [-0.3, -0.25) is 10.2 Å².